The molecule has 1 fully saturated rings. The van der Waals surface area contributed by atoms with E-state index >= 15 is 0 Å². The molecule has 1 aliphatic rings. The normalized spacial score (nSPS) is 17.7. The van der Waals surface area contributed by atoms with E-state index in [0.717, 1.165) is 0 Å². The topological polar surface area (TPSA) is 75.7 Å². The summed E-state index contributed by atoms with van der Waals surface area (Å²) in [7, 11) is -3.68. The fraction of sp³-hybridized carbons (Fsp3) is 0.350. The van der Waals surface area contributed by atoms with E-state index < -0.39 is 21.8 Å². The molecule has 0 radical (unpaired) electrons. The quantitative estimate of drug-likeness (QED) is 0.671. The molecule has 0 unspecified atom stereocenters. The van der Waals surface area contributed by atoms with E-state index in [4.69, 9.17) is 16.3 Å². The van der Waals surface area contributed by atoms with Crippen molar-refractivity contribution in [1.29, 1.82) is 0 Å². The summed E-state index contributed by atoms with van der Waals surface area (Å²) in [5, 5.41) is 3.19. The van der Waals surface area contributed by atoms with Crippen LogP contribution in [0.1, 0.15) is 12.8 Å². The Kier molecular flexibility index (Phi) is 7.10. The summed E-state index contributed by atoms with van der Waals surface area (Å²) in [4.78, 5) is 12.6. The van der Waals surface area contributed by atoms with Gasteiger partial charge in [-0.15, -0.1) is 0 Å². The van der Waals surface area contributed by atoms with Gasteiger partial charge in [-0.1, -0.05) is 23.7 Å². The molecule has 2 aromatic rings. The fourth-order valence-corrected chi connectivity index (χ4v) is 4.82. The lowest BCUT2D eigenvalue weighted by Crippen LogP contribution is -2.45. The van der Waals surface area contributed by atoms with Gasteiger partial charge >= 0.3 is 0 Å². The van der Waals surface area contributed by atoms with Crippen LogP contribution in [0, 0.1) is 11.7 Å². The molecule has 2 aromatic carbocycles. The Labute approximate surface area is 174 Å². The van der Waals surface area contributed by atoms with E-state index in [-0.39, 0.29) is 36.2 Å². The van der Waals surface area contributed by atoms with Gasteiger partial charge in [-0.25, -0.2) is 12.8 Å². The molecule has 0 aromatic heterocycles. The van der Waals surface area contributed by atoms with Gasteiger partial charge in [0.15, 0.2) is 11.6 Å². The van der Waals surface area contributed by atoms with Crippen molar-refractivity contribution in [2.45, 2.75) is 17.7 Å². The minimum Gasteiger partial charge on any atom is -0.489 e. The molecule has 3 rings (SSSR count). The van der Waals surface area contributed by atoms with E-state index in [1.165, 1.54) is 40.7 Å². The number of hydrogen-bond acceptors (Lipinski definition) is 4. The zero-order chi connectivity index (χ0) is 20.9. The highest BCUT2D eigenvalue weighted by molar-refractivity contribution is 7.89. The second-order valence-corrected chi connectivity index (χ2v) is 9.10. The lowest BCUT2D eigenvalue weighted by atomic mass is 9.99. The van der Waals surface area contributed by atoms with Crippen molar-refractivity contribution in [3.05, 3.63) is 59.4 Å². The molecule has 1 atom stereocenters. The minimum atomic E-state index is -3.68. The molecule has 29 heavy (non-hydrogen) atoms. The summed E-state index contributed by atoms with van der Waals surface area (Å²) in [5.74, 6) is -1.02. The number of nitrogens with one attached hydrogen (secondary N) is 1. The first-order valence-electron chi connectivity index (χ1n) is 9.28. The van der Waals surface area contributed by atoms with E-state index in [1.54, 1.807) is 12.1 Å². The lowest BCUT2D eigenvalue weighted by molar-refractivity contribution is -0.126. The molecule has 9 heteroatoms. The summed E-state index contributed by atoms with van der Waals surface area (Å²) >= 11 is 5.83. The Morgan fingerprint density at radius 2 is 1.93 bits per heavy atom. The Balaban J connectivity index is 1.52. The van der Waals surface area contributed by atoms with Gasteiger partial charge in [-0.05, 0) is 49.2 Å². The maximum Gasteiger partial charge on any atom is 0.243 e. The summed E-state index contributed by atoms with van der Waals surface area (Å²) in [6.07, 6.45) is 1.20. The van der Waals surface area contributed by atoms with Gasteiger partial charge < -0.3 is 10.1 Å². The van der Waals surface area contributed by atoms with Crippen LogP contribution in [0.2, 0.25) is 5.02 Å². The standard InChI is InChI=1S/C20H22ClFN2O4S/c21-16-7-9-17(10-8-16)29(26,27)24-12-3-4-15(14-24)20(25)23-11-13-28-19-6-2-1-5-18(19)22/h1-2,5-10,15H,3-4,11-14H2,(H,23,25)/t15-/m0/s1. The molecule has 6 nitrogen and oxygen atoms in total. The number of benzene rings is 2. The first-order chi connectivity index (χ1) is 13.9. The van der Waals surface area contributed by atoms with E-state index in [0.29, 0.717) is 24.4 Å². The number of sulfonamides is 1. The fourth-order valence-electron chi connectivity index (χ4n) is 3.17. The average molecular weight is 441 g/mol. The van der Waals surface area contributed by atoms with Gasteiger partial charge in [-0.3, -0.25) is 4.79 Å². The minimum absolute atomic E-state index is 0.116. The summed E-state index contributed by atoms with van der Waals surface area (Å²) in [6.45, 7) is 0.801. The summed E-state index contributed by atoms with van der Waals surface area (Å²) < 4.78 is 45.8. The van der Waals surface area contributed by atoms with Crippen molar-refractivity contribution in [2.75, 3.05) is 26.2 Å². The average Bonchev–Trinajstić information content (AvgIpc) is 2.72. The third-order valence-electron chi connectivity index (χ3n) is 4.70. The molecular weight excluding hydrogens is 419 g/mol. The number of para-hydroxylation sites is 1. The Bertz CT molecular complexity index is 953. The molecule has 156 valence electrons. The number of ether oxygens (including phenoxy) is 1. The van der Waals surface area contributed by atoms with Crippen LogP contribution in [0.15, 0.2) is 53.4 Å². The molecule has 1 N–H and O–H groups in total. The number of carbonyl (C=O) groups is 1. The van der Waals surface area contributed by atoms with E-state index in [9.17, 15) is 17.6 Å². The van der Waals surface area contributed by atoms with Crippen molar-refractivity contribution >= 4 is 27.5 Å². The monoisotopic (exact) mass is 440 g/mol. The molecule has 1 aliphatic heterocycles. The van der Waals surface area contributed by atoms with Crippen LogP contribution in [0.25, 0.3) is 0 Å². The van der Waals surface area contributed by atoms with Crippen LogP contribution >= 0.6 is 11.6 Å². The van der Waals surface area contributed by atoms with Crippen LogP contribution < -0.4 is 10.1 Å². The van der Waals surface area contributed by atoms with E-state index in [1.807, 2.05) is 0 Å². The molecule has 1 amide bonds. The smallest absolute Gasteiger partial charge is 0.243 e. The number of amides is 1. The van der Waals surface area contributed by atoms with Crippen molar-refractivity contribution < 1.29 is 22.3 Å². The number of hydrogen-bond donors (Lipinski definition) is 1. The van der Waals surface area contributed by atoms with Crippen molar-refractivity contribution in [2.24, 2.45) is 5.92 Å². The van der Waals surface area contributed by atoms with Gasteiger partial charge in [0.05, 0.1) is 17.4 Å². The number of carbonyl (C=O) groups excluding carboxylic acids is 1. The van der Waals surface area contributed by atoms with Crippen molar-refractivity contribution in [3.8, 4) is 5.75 Å². The van der Waals surface area contributed by atoms with Gasteiger partial charge in [-0.2, -0.15) is 4.31 Å². The second kappa shape index (κ2) is 9.56. The lowest BCUT2D eigenvalue weighted by Gasteiger charge is -2.31. The number of halogens is 2. The molecule has 1 heterocycles. The number of rotatable bonds is 7. The van der Waals surface area contributed by atoms with Crippen LogP contribution in [-0.2, 0) is 14.8 Å². The zero-order valence-electron chi connectivity index (χ0n) is 15.7. The largest absolute Gasteiger partial charge is 0.489 e. The highest BCUT2D eigenvalue weighted by atomic mass is 35.5. The van der Waals surface area contributed by atoms with Gasteiger partial charge in [0.1, 0.15) is 6.61 Å². The maximum absolute atomic E-state index is 13.5. The van der Waals surface area contributed by atoms with Crippen molar-refractivity contribution in [3.63, 3.8) is 0 Å². The third-order valence-corrected chi connectivity index (χ3v) is 6.83. The molecule has 0 aliphatic carbocycles. The number of nitrogens with zero attached hydrogens (tertiary/aromatic N) is 1. The van der Waals surface area contributed by atoms with Crippen LogP contribution in [-0.4, -0.2) is 44.9 Å². The maximum atomic E-state index is 13.5. The predicted molar refractivity (Wildman–Crippen MR) is 108 cm³/mol. The highest BCUT2D eigenvalue weighted by Gasteiger charge is 2.33. The van der Waals surface area contributed by atoms with Crippen LogP contribution in [0.4, 0.5) is 4.39 Å². The number of piperidine rings is 1. The van der Waals surface area contributed by atoms with Gasteiger partial charge in [0.25, 0.3) is 0 Å². The molecule has 1 saturated heterocycles. The Hall–Kier alpha value is -2.16. The first kappa shape index (κ1) is 21.5. The van der Waals surface area contributed by atoms with Crippen LogP contribution in [0.5, 0.6) is 5.75 Å². The SMILES string of the molecule is O=C(NCCOc1ccccc1F)[C@H]1CCCN(S(=O)(=O)c2ccc(Cl)cc2)C1. The van der Waals surface area contributed by atoms with Crippen LogP contribution in [0.3, 0.4) is 0 Å². The summed E-state index contributed by atoms with van der Waals surface area (Å²) in [5.41, 5.74) is 0. The Morgan fingerprint density at radius 3 is 2.66 bits per heavy atom. The predicted octanol–water partition coefficient (Wildman–Crippen LogP) is 3.08. The summed E-state index contributed by atoms with van der Waals surface area (Å²) in [6, 6.07) is 12.0. The highest BCUT2D eigenvalue weighted by Crippen LogP contribution is 2.25. The van der Waals surface area contributed by atoms with E-state index in [2.05, 4.69) is 5.32 Å². The third kappa shape index (κ3) is 5.46. The molecule has 0 bridgehead atoms. The molecule has 0 spiro atoms. The van der Waals surface area contributed by atoms with Gasteiger partial charge in [0, 0.05) is 18.1 Å². The molecule has 0 saturated carbocycles. The Morgan fingerprint density at radius 1 is 1.21 bits per heavy atom. The zero-order valence-corrected chi connectivity index (χ0v) is 17.3. The van der Waals surface area contributed by atoms with Gasteiger partial charge in [0.2, 0.25) is 15.9 Å². The molecular formula is C20H22ClFN2O4S. The first-order valence-corrected chi connectivity index (χ1v) is 11.1. The second-order valence-electron chi connectivity index (χ2n) is 6.73. The van der Waals surface area contributed by atoms with Crippen molar-refractivity contribution in [1.82, 2.24) is 9.62 Å².